The number of hydrogen-bond acceptors (Lipinski definition) is 1. The number of nitrogens with one attached hydrogen (secondary N) is 1. The smallest absolute Gasteiger partial charge is 0.0465 e. The van der Waals surface area contributed by atoms with Crippen LogP contribution in [-0.4, -0.2) is 12.4 Å². The molecule has 0 heterocycles. The van der Waals surface area contributed by atoms with Crippen molar-refractivity contribution in [1.82, 2.24) is 5.32 Å². The summed E-state index contributed by atoms with van der Waals surface area (Å²) in [6, 6.07) is 5.58. The SMILES string of the molecule is CCC(CC)(CCl)CNCc1c(Cl)cccc1Cl. The molecular weight excluding hydrogens is 289 g/mol. The molecule has 0 fully saturated rings. The summed E-state index contributed by atoms with van der Waals surface area (Å²) in [6.07, 6.45) is 2.13. The number of benzene rings is 1. The maximum Gasteiger partial charge on any atom is 0.0465 e. The van der Waals surface area contributed by atoms with Gasteiger partial charge in [-0.25, -0.2) is 0 Å². The molecule has 0 aliphatic rings. The third kappa shape index (κ3) is 4.03. The molecule has 0 aromatic heterocycles. The Morgan fingerprint density at radius 2 is 1.67 bits per heavy atom. The van der Waals surface area contributed by atoms with Crippen LogP contribution in [0.15, 0.2) is 18.2 Å². The van der Waals surface area contributed by atoms with Gasteiger partial charge in [-0.1, -0.05) is 43.1 Å². The van der Waals surface area contributed by atoms with Crippen molar-refractivity contribution in [3.8, 4) is 0 Å². The minimum absolute atomic E-state index is 0.162. The minimum atomic E-state index is 0.162. The molecule has 102 valence electrons. The average Bonchev–Trinajstić information content (AvgIpc) is 2.38. The summed E-state index contributed by atoms with van der Waals surface area (Å²) in [5.41, 5.74) is 1.12. The van der Waals surface area contributed by atoms with E-state index in [4.69, 9.17) is 34.8 Å². The molecule has 18 heavy (non-hydrogen) atoms. The van der Waals surface area contributed by atoms with E-state index in [1.807, 2.05) is 18.2 Å². The monoisotopic (exact) mass is 307 g/mol. The zero-order chi connectivity index (χ0) is 13.6. The van der Waals surface area contributed by atoms with Gasteiger partial charge in [-0.3, -0.25) is 0 Å². The van der Waals surface area contributed by atoms with E-state index in [1.54, 1.807) is 0 Å². The molecule has 1 N–H and O–H groups in total. The molecule has 4 heteroatoms. The lowest BCUT2D eigenvalue weighted by molar-refractivity contribution is 0.286. The van der Waals surface area contributed by atoms with Gasteiger partial charge in [0, 0.05) is 34.6 Å². The van der Waals surface area contributed by atoms with E-state index in [-0.39, 0.29) is 5.41 Å². The average molecular weight is 309 g/mol. The van der Waals surface area contributed by atoms with Gasteiger partial charge < -0.3 is 5.32 Å². The molecule has 0 aliphatic carbocycles. The van der Waals surface area contributed by atoms with E-state index >= 15 is 0 Å². The van der Waals surface area contributed by atoms with Gasteiger partial charge in [0.15, 0.2) is 0 Å². The van der Waals surface area contributed by atoms with Gasteiger partial charge in [0.25, 0.3) is 0 Å². The van der Waals surface area contributed by atoms with Crippen LogP contribution in [-0.2, 0) is 6.54 Å². The second-order valence-corrected chi connectivity index (χ2v) is 5.73. The second-order valence-electron chi connectivity index (χ2n) is 4.64. The zero-order valence-corrected chi connectivity index (χ0v) is 13.2. The lowest BCUT2D eigenvalue weighted by atomic mass is 9.84. The Bertz CT molecular complexity index is 347. The third-order valence-electron chi connectivity index (χ3n) is 3.65. The Balaban J connectivity index is 2.61. The van der Waals surface area contributed by atoms with Crippen molar-refractivity contribution in [3.63, 3.8) is 0 Å². The lowest BCUT2D eigenvalue weighted by Gasteiger charge is -2.29. The normalized spacial score (nSPS) is 11.8. The van der Waals surface area contributed by atoms with E-state index in [0.29, 0.717) is 22.5 Å². The van der Waals surface area contributed by atoms with E-state index in [0.717, 1.165) is 24.9 Å². The second kappa shape index (κ2) is 7.59. The molecule has 0 bridgehead atoms. The quantitative estimate of drug-likeness (QED) is 0.689. The molecule has 1 aromatic carbocycles. The predicted octanol–water partition coefficient (Wildman–Crippen LogP) is 5.13. The van der Waals surface area contributed by atoms with Crippen LogP contribution >= 0.6 is 34.8 Å². The Labute approximate surface area is 125 Å². The molecule has 0 amide bonds. The van der Waals surface area contributed by atoms with Crippen molar-refractivity contribution in [2.24, 2.45) is 5.41 Å². The lowest BCUT2D eigenvalue weighted by Crippen LogP contribution is -2.34. The fourth-order valence-corrected chi connectivity index (χ4v) is 2.89. The van der Waals surface area contributed by atoms with Crippen LogP contribution in [0.5, 0.6) is 0 Å². The molecule has 0 spiro atoms. The highest BCUT2D eigenvalue weighted by Gasteiger charge is 2.24. The van der Waals surface area contributed by atoms with Gasteiger partial charge in [0.1, 0.15) is 0 Å². The summed E-state index contributed by atoms with van der Waals surface area (Å²) < 4.78 is 0. The largest absolute Gasteiger partial charge is 0.312 e. The van der Waals surface area contributed by atoms with Gasteiger partial charge in [-0.05, 0) is 30.4 Å². The summed E-state index contributed by atoms with van der Waals surface area (Å²) in [4.78, 5) is 0. The zero-order valence-electron chi connectivity index (χ0n) is 10.9. The van der Waals surface area contributed by atoms with Crippen LogP contribution in [0.1, 0.15) is 32.3 Å². The first kappa shape index (κ1) is 16.1. The van der Waals surface area contributed by atoms with E-state index in [1.165, 1.54) is 0 Å². The number of hydrogen-bond donors (Lipinski definition) is 1. The number of alkyl halides is 1. The molecule has 1 rings (SSSR count). The van der Waals surface area contributed by atoms with Crippen molar-refractivity contribution in [1.29, 1.82) is 0 Å². The van der Waals surface area contributed by atoms with Gasteiger partial charge in [-0.2, -0.15) is 0 Å². The molecule has 1 nitrogen and oxygen atoms in total. The highest BCUT2D eigenvalue weighted by atomic mass is 35.5. The Kier molecular flexibility index (Phi) is 6.79. The molecule has 0 saturated heterocycles. The summed E-state index contributed by atoms with van der Waals surface area (Å²) in [6.45, 7) is 5.91. The molecule has 0 atom stereocenters. The summed E-state index contributed by atoms with van der Waals surface area (Å²) in [5.74, 6) is 0.670. The van der Waals surface area contributed by atoms with Crippen molar-refractivity contribution in [3.05, 3.63) is 33.8 Å². The van der Waals surface area contributed by atoms with E-state index in [9.17, 15) is 0 Å². The molecule has 0 aliphatic heterocycles. The van der Waals surface area contributed by atoms with Crippen molar-refractivity contribution >= 4 is 34.8 Å². The van der Waals surface area contributed by atoms with Crippen LogP contribution in [0.3, 0.4) is 0 Å². The van der Waals surface area contributed by atoms with Crippen LogP contribution in [0.2, 0.25) is 10.0 Å². The molecular formula is C14H20Cl3N. The molecule has 0 saturated carbocycles. The Morgan fingerprint density at radius 3 is 2.11 bits per heavy atom. The van der Waals surface area contributed by atoms with Gasteiger partial charge in [-0.15, -0.1) is 11.6 Å². The first-order valence-electron chi connectivity index (χ1n) is 6.28. The number of rotatable bonds is 7. The van der Waals surface area contributed by atoms with Gasteiger partial charge >= 0.3 is 0 Å². The van der Waals surface area contributed by atoms with E-state index < -0.39 is 0 Å². The fourth-order valence-electron chi connectivity index (χ4n) is 1.89. The number of halogens is 3. The van der Waals surface area contributed by atoms with Crippen LogP contribution in [0.4, 0.5) is 0 Å². The van der Waals surface area contributed by atoms with Crippen molar-refractivity contribution in [2.75, 3.05) is 12.4 Å². The maximum atomic E-state index is 6.13. The minimum Gasteiger partial charge on any atom is -0.312 e. The predicted molar refractivity (Wildman–Crippen MR) is 81.9 cm³/mol. The highest BCUT2D eigenvalue weighted by Crippen LogP contribution is 2.28. The highest BCUT2D eigenvalue weighted by molar-refractivity contribution is 6.35. The molecule has 0 radical (unpaired) electrons. The summed E-state index contributed by atoms with van der Waals surface area (Å²) in [5, 5.41) is 4.84. The summed E-state index contributed by atoms with van der Waals surface area (Å²) in [7, 11) is 0. The first-order valence-corrected chi connectivity index (χ1v) is 7.57. The maximum absolute atomic E-state index is 6.13. The van der Waals surface area contributed by atoms with Gasteiger partial charge in [0.2, 0.25) is 0 Å². The van der Waals surface area contributed by atoms with Crippen LogP contribution in [0, 0.1) is 5.41 Å². The summed E-state index contributed by atoms with van der Waals surface area (Å²) >= 11 is 18.3. The standard InChI is InChI=1S/C14H20Cl3N/c1-3-14(4-2,9-15)10-18-8-11-12(16)6-5-7-13(11)17/h5-7,18H,3-4,8-10H2,1-2H3. The first-order chi connectivity index (χ1) is 8.58. The van der Waals surface area contributed by atoms with Crippen LogP contribution in [0.25, 0.3) is 0 Å². The third-order valence-corrected chi connectivity index (χ3v) is 4.92. The van der Waals surface area contributed by atoms with Crippen molar-refractivity contribution < 1.29 is 0 Å². The molecule has 0 unspecified atom stereocenters. The fraction of sp³-hybridized carbons (Fsp3) is 0.571. The molecule has 1 aromatic rings. The Morgan fingerprint density at radius 1 is 1.11 bits per heavy atom. The topological polar surface area (TPSA) is 12.0 Å². The van der Waals surface area contributed by atoms with Crippen molar-refractivity contribution in [2.45, 2.75) is 33.2 Å². The Hall–Kier alpha value is 0.0500. The van der Waals surface area contributed by atoms with E-state index in [2.05, 4.69) is 19.2 Å². The van der Waals surface area contributed by atoms with Crippen LogP contribution < -0.4 is 5.32 Å². The van der Waals surface area contributed by atoms with Gasteiger partial charge in [0.05, 0.1) is 0 Å².